The maximum absolute atomic E-state index is 12.0. The average molecular weight is 224 g/mol. The number of carbonyl (C=O) groups is 1. The van der Waals surface area contributed by atoms with Gasteiger partial charge in [-0.05, 0) is 39.7 Å². The van der Waals surface area contributed by atoms with Crippen LogP contribution in [-0.2, 0) is 4.79 Å². The van der Waals surface area contributed by atoms with E-state index < -0.39 is 0 Å². The molecular formula is C13H24N2O. The first-order valence-electron chi connectivity index (χ1n) is 6.58. The van der Waals surface area contributed by atoms with Crippen LogP contribution in [0.2, 0.25) is 0 Å². The van der Waals surface area contributed by atoms with Crippen LogP contribution in [0.25, 0.3) is 0 Å². The third-order valence-electron chi connectivity index (χ3n) is 4.28. The van der Waals surface area contributed by atoms with E-state index in [2.05, 4.69) is 17.6 Å². The number of nitrogens with one attached hydrogen (secondary N) is 2. The molecule has 2 N–H and O–H groups in total. The maximum atomic E-state index is 12.0. The number of hydrogen-bond donors (Lipinski definition) is 2. The zero-order valence-corrected chi connectivity index (χ0v) is 10.6. The van der Waals surface area contributed by atoms with Gasteiger partial charge in [0, 0.05) is 17.5 Å². The van der Waals surface area contributed by atoms with Crippen molar-refractivity contribution >= 4 is 5.91 Å². The van der Waals surface area contributed by atoms with Gasteiger partial charge in [-0.3, -0.25) is 4.79 Å². The molecule has 0 radical (unpaired) electrons. The SMILES string of the molecule is CNC1(CC(=O)NC2(C)CC2)CCCCC1. The molecule has 0 aromatic carbocycles. The second kappa shape index (κ2) is 4.36. The first-order valence-corrected chi connectivity index (χ1v) is 6.58. The van der Waals surface area contributed by atoms with Crippen LogP contribution < -0.4 is 10.6 Å². The highest BCUT2D eigenvalue weighted by atomic mass is 16.1. The topological polar surface area (TPSA) is 41.1 Å². The zero-order valence-electron chi connectivity index (χ0n) is 10.6. The van der Waals surface area contributed by atoms with Gasteiger partial charge in [-0.15, -0.1) is 0 Å². The molecule has 16 heavy (non-hydrogen) atoms. The highest BCUT2D eigenvalue weighted by Crippen LogP contribution is 2.35. The van der Waals surface area contributed by atoms with Gasteiger partial charge in [0.2, 0.25) is 5.91 Å². The first kappa shape index (κ1) is 11.9. The molecule has 2 aliphatic carbocycles. The van der Waals surface area contributed by atoms with Crippen molar-refractivity contribution in [3.63, 3.8) is 0 Å². The molecule has 0 aliphatic heterocycles. The first-order chi connectivity index (χ1) is 7.58. The van der Waals surface area contributed by atoms with Crippen molar-refractivity contribution in [2.75, 3.05) is 7.05 Å². The second-order valence-electron chi connectivity index (χ2n) is 5.88. The summed E-state index contributed by atoms with van der Waals surface area (Å²) in [4.78, 5) is 12.0. The Morgan fingerprint density at radius 3 is 2.25 bits per heavy atom. The summed E-state index contributed by atoms with van der Waals surface area (Å²) in [5.74, 6) is 0.233. The molecule has 0 atom stereocenters. The van der Waals surface area contributed by atoms with E-state index in [0.717, 1.165) is 25.7 Å². The minimum absolute atomic E-state index is 0.0770. The molecule has 2 aliphatic rings. The van der Waals surface area contributed by atoms with E-state index in [9.17, 15) is 4.79 Å². The van der Waals surface area contributed by atoms with Crippen LogP contribution >= 0.6 is 0 Å². The van der Waals surface area contributed by atoms with Gasteiger partial charge in [0.15, 0.2) is 0 Å². The fourth-order valence-corrected chi connectivity index (χ4v) is 2.74. The molecule has 3 heteroatoms. The summed E-state index contributed by atoms with van der Waals surface area (Å²) in [6.07, 6.45) is 9.07. The normalized spacial score (nSPS) is 26.1. The van der Waals surface area contributed by atoms with Crippen molar-refractivity contribution in [2.45, 2.75) is 69.4 Å². The quantitative estimate of drug-likeness (QED) is 0.766. The van der Waals surface area contributed by atoms with Crippen LogP contribution in [0.3, 0.4) is 0 Å². The smallest absolute Gasteiger partial charge is 0.222 e. The van der Waals surface area contributed by atoms with Crippen molar-refractivity contribution in [3.8, 4) is 0 Å². The highest BCUT2D eigenvalue weighted by molar-refractivity contribution is 5.78. The fraction of sp³-hybridized carbons (Fsp3) is 0.923. The van der Waals surface area contributed by atoms with Gasteiger partial charge < -0.3 is 10.6 Å². The lowest BCUT2D eigenvalue weighted by molar-refractivity contribution is -0.123. The van der Waals surface area contributed by atoms with Gasteiger partial charge in [-0.1, -0.05) is 19.3 Å². The summed E-state index contributed by atoms with van der Waals surface area (Å²) in [5.41, 5.74) is 0.203. The van der Waals surface area contributed by atoms with Crippen LogP contribution in [-0.4, -0.2) is 24.0 Å². The number of carbonyl (C=O) groups excluding carboxylic acids is 1. The third kappa shape index (κ3) is 2.76. The lowest BCUT2D eigenvalue weighted by atomic mass is 9.79. The van der Waals surface area contributed by atoms with Crippen LogP contribution in [0.5, 0.6) is 0 Å². The molecule has 2 saturated carbocycles. The zero-order chi connectivity index (χ0) is 11.6. The van der Waals surface area contributed by atoms with Crippen LogP contribution in [0.15, 0.2) is 0 Å². The summed E-state index contributed by atoms with van der Waals surface area (Å²) in [6, 6.07) is 0. The summed E-state index contributed by atoms with van der Waals surface area (Å²) in [7, 11) is 2.00. The Hall–Kier alpha value is -0.570. The van der Waals surface area contributed by atoms with Crippen molar-refractivity contribution in [1.82, 2.24) is 10.6 Å². The minimum atomic E-state index is 0.0770. The van der Waals surface area contributed by atoms with E-state index >= 15 is 0 Å². The fourth-order valence-electron chi connectivity index (χ4n) is 2.74. The molecule has 2 rings (SSSR count). The predicted molar refractivity (Wildman–Crippen MR) is 65.3 cm³/mol. The summed E-state index contributed by atoms with van der Waals surface area (Å²) >= 11 is 0. The molecular weight excluding hydrogens is 200 g/mol. The Morgan fingerprint density at radius 2 is 1.75 bits per heavy atom. The lowest BCUT2D eigenvalue weighted by Crippen LogP contribution is -2.49. The number of amides is 1. The van der Waals surface area contributed by atoms with Crippen molar-refractivity contribution in [1.29, 1.82) is 0 Å². The Kier molecular flexibility index (Phi) is 3.24. The molecule has 0 heterocycles. The maximum Gasteiger partial charge on any atom is 0.222 e. The molecule has 0 saturated heterocycles. The van der Waals surface area contributed by atoms with Gasteiger partial charge >= 0.3 is 0 Å². The summed E-state index contributed by atoms with van der Waals surface area (Å²) in [6.45, 7) is 2.14. The molecule has 92 valence electrons. The largest absolute Gasteiger partial charge is 0.351 e. The lowest BCUT2D eigenvalue weighted by Gasteiger charge is -2.37. The van der Waals surface area contributed by atoms with Crippen LogP contribution in [0, 0.1) is 0 Å². The monoisotopic (exact) mass is 224 g/mol. The summed E-state index contributed by atoms with van der Waals surface area (Å²) < 4.78 is 0. The van der Waals surface area contributed by atoms with Crippen molar-refractivity contribution in [2.24, 2.45) is 0 Å². The van der Waals surface area contributed by atoms with Crippen molar-refractivity contribution in [3.05, 3.63) is 0 Å². The Morgan fingerprint density at radius 1 is 1.12 bits per heavy atom. The molecule has 0 bridgehead atoms. The molecule has 2 fully saturated rings. The second-order valence-corrected chi connectivity index (χ2v) is 5.88. The van der Waals surface area contributed by atoms with Crippen LogP contribution in [0.1, 0.15) is 58.3 Å². The van der Waals surface area contributed by atoms with E-state index in [1.54, 1.807) is 0 Å². The van der Waals surface area contributed by atoms with Gasteiger partial charge in [0.1, 0.15) is 0 Å². The molecule has 1 amide bonds. The molecule has 3 nitrogen and oxygen atoms in total. The van der Waals surface area contributed by atoms with E-state index in [1.807, 2.05) is 7.05 Å². The molecule has 0 aromatic rings. The highest BCUT2D eigenvalue weighted by Gasteiger charge is 2.40. The van der Waals surface area contributed by atoms with Gasteiger partial charge in [0.25, 0.3) is 0 Å². The Balaban J connectivity index is 1.87. The molecule has 0 unspecified atom stereocenters. The van der Waals surface area contributed by atoms with Gasteiger partial charge in [0.05, 0.1) is 0 Å². The predicted octanol–water partition coefficient (Wildman–Crippen LogP) is 1.97. The van der Waals surface area contributed by atoms with Gasteiger partial charge in [-0.25, -0.2) is 0 Å². The van der Waals surface area contributed by atoms with Crippen LogP contribution in [0.4, 0.5) is 0 Å². The Bertz CT molecular complexity index is 265. The molecule has 0 aromatic heterocycles. The van der Waals surface area contributed by atoms with E-state index in [4.69, 9.17) is 0 Å². The minimum Gasteiger partial charge on any atom is -0.351 e. The van der Waals surface area contributed by atoms with E-state index in [0.29, 0.717) is 6.42 Å². The van der Waals surface area contributed by atoms with Gasteiger partial charge in [-0.2, -0.15) is 0 Å². The van der Waals surface area contributed by atoms with E-state index in [1.165, 1.54) is 19.3 Å². The Labute approximate surface area is 98.4 Å². The number of rotatable bonds is 4. The van der Waals surface area contributed by atoms with E-state index in [-0.39, 0.29) is 17.0 Å². The summed E-state index contributed by atoms with van der Waals surface area (Å²) in [5, 5.41) is 6.55. The standard InChI is InChI=1S/C13H24N2O/c1-12(8-9-12)15-11(16)10-13(14-2)6-4-3-5-7-13/h14H,3-10H2,1-2H3,(H,15,16). The van der Waals surface area contributed by atoms with Crippen molar-refractivity contribution < 1.29 is 4.79 Å². The third-order valence-corrected chi connectivity index (χ3v) is 4.28. The average Bonchev–Trinajstić information content (AvgIpc) is 2.97. The molecule has 0 spiro atoms. The number of hydrogen-bond acceptors (Lipinski definition) is 2.